The van der Waals surface area contributed by atoms with Gasteiger partial charge in [0.15, 0.2) is 5.96 Å². The highest BCUT2D eigenvalue weighted by atomic mass is 127. The van der Waals surface area contributed by atoms with Gasteiger partial charge in [0, 0.05) is 31.0 Å². The Morgan fingerprint density at radius 1 is 1.14 bits per heavy atom. The second-order valence-corrected chi connectivity index (χ2v) is 7.16. The predicted molar refractivity (Wildman–Crippen MR) is 124 cm³/mol. The zero-order valence-corrected chi connectivity index (χ0v) is 18.7. The summed E-state index contributed by atoms with van der Waals surface area (Å²) in [6.07, 6.45) is 3.88. The third kappa shape index (κ3) is 4.86. The molecule has 0 spiro atoms. The number of benzene rings is 2. The van der Waals surface area contributed by atoms with E-state index in [2.05, 4.69) is 49.0 Å². The van der Waals surface area contributed by atoms with Crippen molar-refractivity contribution in [3.05, 3.63) is 89.0 Å². The van der Waals surface area contributed by atoms with Gasteiger partial charge in [-0.1, -0.05) is 54.1 Å². The lowest BCUT2D eigenvalue weighted by molar-refractivity contribution is 0.453. The zero-order chi connectivity index (χ0) is 18.6. The molecule has 1 N–H and O–H groups in total. The number of guanidine groups is 1. The second-order valence-electron chi connectivity index (χ2n) is 6.73. The van der Waals surface area contributed by atoms with E-state index in [4.69, 9.17) is 11.6 Å². The molecule has 7 heteroatoms. The van der Waals surface area contributed by atoms with Crippen LogP contribution in [0.15, 0.2) is 72.0 Å². The van der Waals surface area contributed by atoms with Gasteiger partial charge >= 0.3 is 0 Å². The lowest BCUT2D eigenvalue weighted by Gasteiger charge is -2.21. The summed E-state index contributed by atoms with van der Waals surface area (Å²) in [6.45, 7) is 2.23. The van der Waals surface area contributed by atoms with E-state index >= 15 is 0 Å². The molecule has 5 nitrogen and oxygen atoms in total. The van der Waals surface area contributed by atoms with E-state index in [1.807, 2.05) is 49.8 Å². The number of aromatic nitrogens is 2. The van der Waals surface area contributed by atoms with Gasteiger partial charge in [0.05, 0.1) is 19.1 Å². The first-order valence-electron chi connectivity index (χ1n) is 9.00. The standard InChI is InChI=1S/C21H22ClN5.HI/c1-26(21-24-13-19(25-21)17-7-9-18(22)10-8-17)15-20-23-11-12-27(20)14-16-5-3-2-4-6-16;/h2-12,19H,13-15H2,1H3,(H,24,25);1H. The molecule has 3 aromatic rings. The topological polar surface area (TPSA) is 45.5 Å². The Morgan fingerprint density at radius 3 is 2.64 bits per heavy atom. The molecule has 1 aromatic heterocycles. The Morgan fingerprint density at radius 2 is 1.89 bits per heavy atom. The summed E-state index contributed by atoms with van der Waals surface area (Å²) in [5.74, 6) is 1.91. The van der Waals surface area contributed by atoms with Gasteiger partial charge < -0.3 is 14.8 Å². The molecule has 0 saturated heterocycles. The highest BCUT2D eigenvalue weighted by Crippen LogP contribution is 2.20. The van der Waals surface area contributed by atoms with Crippen molar-refractivity contribution in [1.82, 2.24) is 19.8 Å². The van der Waals surface area contributed by atoms with Gasteiger partial charge in [-0.05, 0) is 23.3 Å². The largest absolute Gasteiger partial charge is 0.348 e. The van der Waals surface area contributed by atoms with E-state index in [1.165, 1.54) is 11.1 Å². The molecule has 0 radical (unpaired) electrons. The van der Waals surface area contributed by atoms with Crippen molar-refractivity contribution in [3.63, 3.8) is 0 Å². The number of nitrogens with zero attached hydrogens (tertiary/aromatic N) is 4. The van der Waals surface area contributed by atoms with Crippen LogP contribution in [0.3, 0.4) is 0 Å². The molecule has 1 aliphatic rings. The Kier molecular flexibility index (Phi) is 6.96. The smallest absolute Gasteiger partial charge is 0.194 e. The number of rotatable bonds is 5. The van der Waals surface area contributed by atoms with Crippen LogP contribution in [0.1, 0.15) is 23.0 Å². The van der Waals surface area contributed by atoms with Gasteiger partial charge in [0.25, 0.3) is 0 Å². The van der Waals surface area contributed by atoms with Crippen LogP contribution in [0, 0.1) is 0 Å². The molecular formula is C21H23ClIN5. The van der Waals surface area contributed by atoms with Crippen LogP contribution in [-0.2, 0) is 13.1 Å². The van der Waals surface area contributed by atoms with Gasteiger partial charge in [0.2, 0.25) is 0 Å². The van der Waals surface area contributed by atoms with Crippen molar-refractivity contribution in [1.29, 1.82) is 0 Å². The molecular weight excluding hydrogens is 485 g/mol. The molecule has 1 atom stereocenters. The van der Waals surface area contributed by atoms with Crippen LogP contribution in [0.4, 0.5) is 0 Å². The summed E-state index contributed by atoms with van der Waals surface area (Å²) < 4.78 is 2.18. The lowest BCUT2D eigenvalue weighted by Crippen LogP contribution is -2.37. The van der Waals surface area contributed by atoms with E-state index in [0.717, 1.165) is 29.9 Å². The fourth-order valence-corrected chi connectivity index (χ4v) is 3.37. The van der Waals surface area contributed by atoms with Crippen molar-refractivity contribution >= 4 is 41.5 Å². The summed E-state index contributed by atoms with van der Waals surface area (Å²) in [4.78, 5) is 11.3. The van der Waals surface area contributed by atoms with E-state index in [1.54, 1.807) is 0 Å². The third-order valence-corrected chi connectivity index (χ3v) is 4.99. The second kappa shape index (κ2) is 9.43. The summed E-state index contributed by atoms with van der Waals surface area (Å²) in [5, 5.41) is 4.25. The molecule has 0 fully saturated rings. The molecule has 1 unspecified atom stereocenters. The van der Waals surface area contributed by atoms with Crippen LogP contribution in [-0.4, -0.2) is 34.0 Å². The third-order valence-electron chi connectivity index (χ3n) is 4.74. The minimum atomic E-state index is 0. The summed E-state index contributed by atoms with van der Waals surface area (Å²) in [6, 6.07) is 18.5. The number of nitrogens with one attached hydrogen (secondary N) is 1. The molecule has 0 bridgehead atoms. The fourth-order valence-electron chi connectivity index (χ4n) is 3.24. The van der Waals surface area contributed by atoms with Crippen LogP contribution in [0.2, 0.25) is 5.02 Å². The molecule has 146 valence electrons. The molecule has 2 aromatic carbocycles. The Hall–Kier alpha value is -2.06. The van der Waals surface area contributed by atoms with Crippen molar-refractivity contribution in [2.24, 2.45) is 4.99 Å². The fraction of sp³-hybridized carbons (Fsp3) is 0.238. The molecule has 28 heavy (non-hydrogen) atoms. The first-order chi connectivity index (χ1) is 13.2. The van der Waals surface area contributed by atoms with E-state index in [9.17, 15) is 0 Å². The maximum Gasteiger partial charge on any atom is 0.194 e. The SMILES string of the molecule is CN(Cc1nccn1Cc1ccccc1)C1=NCC(c2ccc(Cl)cc2)N1.I. The van der Waals surface area contributed by atoms with Crippen LogP contribution in [0.25, 0.3) is 0 Å². The van der Waals surface area contributed by atoms with Crippen molar-refractivity contribution in [2.45, 2.75) is 19.1 Å². The number of aliphatic imine (C=N–C) groups is 1. The Balaban J connectivity index is 0.00000225. The maximum absolute atomic E-state index is 5.98. The van der Waals surface area contributed by atoms with Gasteiger partial charge in [-0.15, -0.1) is 24.0 Å². The molecule has 0 saturated carbocycles. The van der Waals surface area contributed by atoms with E-state index in [-0.39, 0.29) is 30.0 Å². The van der Waals surface area contributed by atoms with E-state index < -0.39 is 0 Å². The number of hydrogen-bond donors (Lipinski definition) is 1. The van der Waals surface area contributed by atoms with Crippen molar-refractivity contribution < 1.29 is 0 Å². The summed E-state index contributed by atoms with van der Waals surface area (Å²) in [5.41, 5.74) is 2.45. The minimum absolute atomic E-state index is 0. The van der Waals surface area contributed by atoms with Crippen LogP contribution in [0.5, 0.6) is 0 Å². The minimum Gasteiger partial charge on any atom is -0.348 e. The summed E-state index contributed by atoms with van der Waals surface area (Å²) in [7, 11) is 2.04. The van der Waals surface area contributed by atoms with Gasteiger partial charge in [0.1, 0.15) is 5.82 Å². The van der Waals surface area contributed by atoms with Gasteiger partial charge in [-0.3, -0.25) is 4.99 Å². The van der Waals surface area contributed by atoms with Crippen molar-refractivity contribution in [3.8, 4) is 0 Å². The van der Waals surface area contributed by atoms with Gasteiger partial charge in [-0.2, -0.15) is 0 Å². The molecule has 0 amide bonds. The van der Waals surface area contributed by atoms with Crippen LogP contribution < -0.4 is 5.32 Å². The monoisotopic (exact) mass is 507 g/mol. The van der Waals surface area contributed by atoms with E-state index in [0.29, 0.717) is 6.54 Å². The zero-order valence-electron chi connectivity index (χ0n) is 15.6. The normalized spacial score (nSPS) is 15.5. The molecule has 1 aliphatic heterocycles. The Bertz CT molecular complexity index is 923. The van der Waals surface area contributed by atoms with Crippen LogP contribution >= 0.6 is 35.6 Å². The molecule has 0 aliphatic carbocycles. The number of halogens is 2. The van der Waals surface area contributed by atoms with Crippen molar-refractivity contribution in [2.75, 3.05) is 13.6 Å². The number of imidazole rings is 1. The highest BCUT2D eigenvalue weighted by molar-refractivity contribution is 14.0. The average Bonchev–Trinajstić information content (AvgIpc) is 3.33. The average molecular weight is 508 g/mol. The maximum atomic E-state index is 5.98. The quantitative estimate of drug-likeness (QED) is 0.523. The Labute approximate surface area is 187 Å². The highest BCUT2D eigenvalue weighted by Gasteiger charge is 2.22. The van der Waals surface area contributed by atoms with Gasteiger partial charge in [-0.25, -0.2) is 4.98 Å². The molecule has 2 heterocycles. The first kappa shape index (κ1) is 20.7. The summed E-state index contributed by atoms with van der Waals surface area (Å²) >= 11 is 5.98. The predicted octanol–water partition coefficient (Wildman–Crippen LogP) is 4.34. The first-order valence-corrected chi connectivity index (χ1v) is 9.38. The molecule has 4 rings (SSSR count). The lowest BCUT2D eigenvalue weighted by atomic mass is 10.1. The number of hydrogen-bond acceptors (Lipinski definition) is 4.